The number of hydrogen-bond donors (Lipinski definition) is 4. The molecule has 2 unspecified atom stereocenters. The van der Waals surface area contributed by atoms with Crippen molar-refractivity contribution in [2.75, 3.05) is 6.54 Å². The van der Waals surface area contributed by atoms with E-state index < -0.39 is 0 Å². The van der Waals surface area contributed by atoms with Gasteiger partial charge in [0.2, 0.25) is 5.91 Å². The quantitative estimate of drug-likeness (QED) is 0.664. The SMILES string of the molecule is Cl.NCC1(NC(=O)C2CC(c3ccc(Cl)cc3)NN2)CCCC1. The van der Waals surface area contributed by atoms with Crippen molar-refractivity contribution in [1.29, 1.82) is 0 Å². The summed E-state index contributed by atoms with van der Waals surface area (Å²) in [5.41, 5.74) is 13.1. The topological polar surface area (TPSA) is 79.2 Å². The van der Waals surface area contributed by atoms with E-state index in [1.807, 2.05) is 24.3 Å². The summed E-state index contributed by atoms with van der Waals surface area (Å²) in [6.07, 6.45) is 4.96. The van der Waals surface area contributed by atoms with Gasteiger partial charge in [-0.05, 0) is 37.0 Å². The molecule has 1 aliphatic heterocycles. The third-order valence-electron chi connectivity index (χ3n) is 4.83. The molecular formula is C16H24Cl2N4O. The van der Waals surface area contributed by atoms with Gasteiger partial charge in [0.15, 0.2) is 0 Å². The first kappa shape index (κ1) is 18.5. The van der Waals surface area contributed by atoms with E-state index in [2.05, 4.69) is 16.2 Å². The molecule has 1 saturated carbocycles. The Morgan fingerprint density at radius 2 is 1.91 bits per heavy atom. The second kappa shape index (κ2) is 7.81. The molecule has 0 aromatic heterocycles. The Hall–Kier alpha value is -0.850. The Morgan fingerprint density at radius 3 is 2.52 bits per heavy atom. The third-order valence-corrected chi connectivity index (χ3v) is 5.08. The highest BCUT2D eigenvalue weighted by atomic mass is 35.5. The maximum Gasteiger partial charge on any atom is 0.239 e. The number of nitrogens with two attached hydrogens (primary N) is 1. The monoisotopic (exact) mass is 358 g/mol. The van der Waals surface area contributed by atoms with E-state index in [0.717, 1.165) is 36.3 Å². The molecule has 3 rings (SSSR count). The molecule has 1 aromatic carbocycles. The van der Waals surface area contributed by atoms with Crippen LogP contribution in [-0.4, -0.2) is 24.0 Å². The van der Waals surface area contributed by atoms with Crippen LogP contribution in [0.2, 0.25) is 5.02 Å². The van der Waals surface area contributed by atoms with Gasteiger partial charge in [-0.25, -0.2) is 10.9 Å². The fourth-order valence-corrected chi connectivity index (χ4v) is 3.55. The number of nitrogens with one attached hydrogen (secondary N) is 3. The summed E-state index contributed by atoms with van der Waals surface area (Å²) < 4.78 is 0. The van der Waals surface area contributed by atoms with Crippen molar-refractivity contribution >= 4 is 29.9 Å². The van der Waals surface area contributed by atoms with Crippen molar-refractivity contribution in [3.63, 3.8) is 0 Å². The molecule has 5 nitrogen and oxygen atoms in total. The van der Waals surface area contributed by atoms with Gasteiger partial charge in [-0.3, -0.25) is 4.79 Å². The first-order valence-electron chi connectivity index (χ1n) is 7.90. The van der Waals surface area contributed by atoms with Gasteiger partial charge in [-0.2, -0.15) is 0 Å². The van der Waals surface area contributed by atoms with Crippen LogP contribution in [0.1, 0.15) is 43.7 Å². The van der Waals surface area contributed by atoms with Gasteiger partial charge in [-0.15, -0.1) is 12.4 Å². The number of benzene rings is 1. The van der Waals surface area contributed by atoms with Crippen LogP contribution >= 0.6 is 24.0 Å². The summed E-state index contributed by atoms with van der Waals surface area (Å²) in [7, 11) is 0. The minimum atomic E-state index is -0.232. The van der Waals surface area contributed by atoms with Gasteiger partial charge in [0.25, 0.3) is 0 Å². The van der Waals surface area contributed by atoms with Gasteiger partial charge in [-0.1, -0.05) is 36.6 Å². The molecule has 0 radical (unpaired) electrons. The molecule has 128 valence electrons. The third kappa shape index (κ3) is 4.17. The van der Waals surface area contributed by atoms with E-state index in [4.69, 9.17) is 17.3 Å². The average Bonchev–Trinajstić information content (AvgIpc) is 3.18. The van der Waals surface area contributed by atoms with Crippen molar-refractivity contribution in [1.82, 2.24) is 16.2 Å². The normalized spacial score (nSPS) is 25.8. The molecule has 1 saturated heterocycles. The standard InChI is InChI=1S/C16H23ClN4O.ClH/c17-12-5-3-11(4-6-12)13-9-14(21-20-13)15(22)19-16(10-18)7-1-2-8-16;/h3-6,13-14,20-21H,1-2,7-10,18H2,(H,19,22);1H. The maximum absolute atomic E-state index is 12.5. The Morgan fingerprint density at radius 1 is 1.26 bits per heavy atom. The molecule has 1 aliphatic carbocycles. The zero-order chi connectivity index (χ0) is 15.6. The first-order valence-corrected chi connectivity index (χ1v) is 8.28. The fourth-order valence-electron chi connectivity index (χ4n) is 3.42. The number of hydrazine groups is 1. The van der Waals surface area contributed by atoms with Crippen molar-refractivity contribution in [3.05, 3.63) is 34.9 Å². The first-order chi connectivity index (χ1) is 10.6. The van der Waals surface area contributed by atoms with Gasteiger partial charge in [0.1, 0.15) is 6.04 Å². The lowest BCUT2D eigenvalue weighted by Crippen LogP contribution is -2.56. The lowest BCUT2D eigenvalue weighted by Gasteiger charge is -2.30. The molecule has 0 bridgehead atoms. The summed E-state index contributed by atoms with van der Waals surface area (Å²) in [4.78, 5) is 12.5. The number of rotatable bonds is 4. The molecule has 1 amide bonds. The average molecular weight is 359 g/mol. The molecule has 0 spiro atoms. The van der Waals surface area contributed by atoms with Gasteiger partial charge in [0, 0.05) is 17.6 Å². The van der Waals surface area contributed by atoms with Crippen LogP contribution < -0.4 is 21.9 Å². The van der Waals surface area contributed by atoms with Crippen molar-refractivity contribution in [3.8, 4) is 0 Å². The minimum Gasteiger partial charge on any atom is -0.348 e. The number of halogens is 2. The van der Waals surface area contributed by atoms with E-state index in [1.165, 1.54) is 0 Å². The maximum atomic E-state index is 12.5. The summed E-state index contributed by atoms with van der Waals surface area (Å²) in [6, 6.07) is 7.60. The zero-order valence-corrected chi connectivity index (χ0v) is 14.6. The highest BCUT2D eigenvalue weighted by Gasteiger charge is 2.37. The number of hydrogen-bond acceptors (Lipinski definition) is 4. The second-order valence-electron chi connectivity index (χ2n) is 6.36. The molecule has 5 N–H and O–H groups in total. The van der Waals surface area contributed by atoms with Gasteiger partial charge >= 0.3 is 0 Å². The molecule has 23 heavy (non-hydrogen) atoms. The van der Waals surface area contributed by atoms with E-state index in [9.17, 15) is 4.79 Å². The van der Waals surface area contributed by atoms with E-state index in [0.29, 0.717) is 13.0 Å². The van der Waals surface area contributed by atoms with E-state index in [1.54, 1.807) is 0 Å². The lowest BCUT2D eigenvalue weighted by molar-refractivity contribution is -0.124. The van der Waals surface area contributed by atoms with Crippen LogP contribution in [-0.2, 0) is 4.79 Å². The number of amides is 1. The minimum absolute atomic E-state index is 0. The number of carbonyl (C=O) groups is 1. The second-order valence-corrected chi connectivity index (χ2v) is 6.80. The van der Waals surface area contributed by atoms with Crippen molar-refractivity contribution in [2.45, 2.75) is 49.7 Å². The van der Waals surface area contributed by atoms with Crippen LogP contribution in [0, 0.1) is 0 Å². The predicted octanol–water partition coefficient (Wildman–Crippen LogP) is 2.06. The summed E-state index contributed by atoms with van der Waals surface area (Å²) in [5.74, 6) is 0.0383. The summed E-state index contributed by atoms with van der Waals surface area (Å²) in [5, 5.41) is 3.90. The van der Waals surface area contributed by atoms with Crippen LogP contribution in [0.4, 0.5) is 0 Å². The largest absolute Gasteiger partial charge is 0.348 e. The van der Waals surface area contributed by atoms with Gasteiger partial charge in [0.05, 0.1) is 5.54 Å². The Kier molecular flexibility index (Phi) is 6.28. The van der Waals surface area contributed by atoms with Crippen molar-refractivity contribution in [2.24, 2.45) is 5.73 Å². The summed E-state index contributed by atoms with van der Waals surface area (Å²) >= 11 is 5.91. The Labute approximate surface area is 148 Å². The molecule has 1 heterocycles. The highest BCUT2D eigenvalue weighted by Crippen LogP contribution is 2.29. The van der Waals surface area contributed by atoms with Crippen LogP contribution in [0.25, 0.3) is 0 Å². The molecule has 7 heteroatoms. The smallest absolute Gasteiger partial charge is 0.239 e. The fraction of sp³-hybridized carbons (Fsp3) is 0.562. The molecule has 2 atom stereocenters. The van der Waals surface area contributed by atoms with E-state index >= 15 is 0 Å². The lowest BCUT2D eigenvalue weighted by atomic mass is 9.96. The Balaban J connectivity index is 0.00000192. The molecule has 1 aromatic rings. The van der Waals surface area contributed by atoms with Gasteiger partial charge < -0.3 is 11.1 Å². The molecule has 2 fully saturated rings. The Bertz CT molecular complexity index is 531. The van der Waals surface area contributed by atoms with E-state index in [-0.39, 0.29) is 35.9 Å². The highest BCUT2D eigenvalue weighted by molar-refractivity contribution is 6.30. The van der Waals surface area contributed by atoms with Crippen LogP contribution in [0.5, 0.6) is 0 Å². The predicted molar refractivity (Wildman–Crippen MR) is 94.5 cm³/mol. The van der Waals surface area contributed by atoms with Crippen molar-refractivity contribution < 1.29 is 4.79 Å². The zero-order valence-electron chi connectivity index (χ0n) is 13.0. The molecular weight excluding hydrogens is 335 g/mol. The summed E-state index contributed by atoms with van der Waals surface area (Å²) in [6.45, 7) is 0.513. The number of carbonyl (C=O) groups excluding carboxylic acids is 1. The van der Waals surface area contributed by atoms with Crippen LogP contribution in [0.15, 0.2) is 24.3 Å². The van der Waals surface area contributed by atoms with Crippen LogP contribution in [0.3, 0.4) is 0 Å². The molecule has 2 aliphatic rings.